The predicted molar refractivity (Wildman–Crippen MR) is 129 cm³/mol. The van der Waals surface area contributed by atoms with Gasteiger partial charge in [0.15, 0.2) is 0 Å². The van der Waals surface area contributed by atoms with E-state index in [1.54, 1.807) is 6.07 Å². The lowest BCUT2D eigenvalue weighted by atomic mass is 9.96. The minimum absolute atomic E-state index is 0.192. The number of aromatic nitrogens is 1. The van der Waals surface area contributed by atoms with Crippen molar-refractivity contribution in [3.63, 3.8) is 0 Å². The standard InChI is InChI=1S/C28H23NO3/c1-18-7-2-4-10-21(18)23-14-13-20(24-17-25(28(30)31)29-27(23)24)15-16-32-26-12-6-9-19-8-3-5-11-22(19)26/h2-14,17,29H,15-16H2,1H3,(H,30,31). The van der Waals surface area contributed by atoms with E-state index >= 15 is 0 Å². The van der Waals surface area contributed by atoms with Gasteiger partial charge < -0.3 is 14.8 Å². The molecule has 0 saturated carbocycles. The second-order valence-corrected chi connectivity index (χ2v) is 7.94. The number of carboxylic acids is 1. The van der Waals surface area contributed by atoms with Gasteiger partial charge in [-0.1, -0.05) is 72.8 Å². The van der Waals surface area contributed by atoms with Gasteiger partial charge in [-0.3, -0.25) is 0 Å². The molecule has 4 heteroatoms. The zero-order valence-corrected chi connectivity index (χ0v) is 17.8. The quantitative estimate of drug-likeness (QED) is 0.324. The number of aromatic carboxylic acids is 1. The van der Waals surface area contributed by atoms with Crippen molar-refractivity contribution < 1.29 is 14.6 Å². The lowest BCUT2D eigenvalue weighted by Gasteiger charge is -2.12. The fraction of sp³-hybridized carbons (Fsp3) is 0.107. The zero-order chi connectivity index (χ0) is 22.1. The molecule has 0 atom stereocenters. The Bertz CT molecular complexity index is 1440. The molecular formula is C28H23NO3. The number of hydrogen-bond donors (Lipinski definition) is 2. The normalized spacial score (nSPS) is 11.2. The van der Waals surface area contributed by atoms with Gasteiger partial charge in [-0.2, -0.15) is 0 Å². The smallest absolute Gasteiger partial charge is 0.352 e. The van der Waals surface area contributed by atoms with Crippen LogP contribution in [0.25, 0.3) is 32.8 Å². The number of H-pyrrole nitrogens is 1. The van der Waals surface area contributed by atoms with E-state index in [0.29, 0.717) is 13.0 Å². The summed E-state index contributed by atoms with van der Waals surface area (Å²) in [6, 6.07) is 28.2. The number of rotatable bonds is 6. The lowest BCUT2D eigenvalue weighted by molar-refractivity contribution is 0.0691. The molecule has 4 nitrogen and oxygen atoms in total. The van der Waals surface area contributed by atoms with Gasteiger partial charge in [0.05, 0.1) is 12.1 Å². The van der Waals surface area contributed by atoms with Crippen molar-refractivity contribution >= 4 is 27.6 Å². The van der Waals surface area contributed by atoms with Gasteiger partial charge in [-0.25, -0.2) is 4.79 Å². The van der Waals surface area contributed by atoms with Crippen LogP contribution in [0.1, 0.15) is 21.6 Å². The van der Waals surface area contributed by atoms with E-state index in [1.165, 1.54) is 0 Å². The highest BCUT2D eigenvalue weighted by Crippen LogP contribution is 2.33. The molecule has 158 valence electrons. The van der Waals surface area contributed by atoms with Crippen molar-refractivity contribution in [2.75, 3.05) is 6.61 Å². The molecule has 0 aliphatic rings. The molecule has 32 heavy (non-hydrogen) atoms. The van der Waals surface area contributed by atoms with E-state index in [4.69, 9.17) is 4.74 Å². The minimum atomic E-state index is -0.963. The van der Waals surface area contributed by atoms with Crippen LogP contribution < -0.4 is 4.74 Å². The molecule has 0 aliphatic carbocycles. The number of carboxylic acid groups (broad SMARTS) is 1. The van der Waals surface area contributed by atoms with Crippen molar-refractivity contribution in [3.05, 3.63) is 102 Å². The van der Waals surface area contributed by atoms with Crippen LogP contribution >= 0.6 is 0 Å². The van der Waals surface area contributed by atoms with Gasteiger partial charge >= 0.3 is 5.97 Å². The third kappa shape index (κ3) is 3.60. The highest BCUT2D eigenvalue weighted by atomic mass is 16.5. The third-order valence-corrected chi connectivity index (χ3v) is 5.93. The van der Waals surface area contributed by atoms with Gasteiger partial charge in [-0.05, 0) is 41.1 Å². The molecule has 1 aromatic heterocycles. The summed E-state index contributed by atoms with van der Waals surface area (Å²) in [5, 5.41) is 12.7. The molecule has 0 aliphatic heterocycles. The molecule has 0 spiro atoms. The topological polar surface area (TPSA) is 62.3 Å². The van der Waals surface area contributed by atoms with Crippen LogP contribution in [0.4, 0.5) is 0 Å². The number of hydrogen-bond acceptors (Lipinski definition) is 2. The minimum Gasteiger partial charge on any atom is -0.493 e. The summed E-state index contributed by atoms with van der Waals surface area (Å²) in [4.78, 5) is 14.8. The van der Waals surface area contributed by atoms with Crippen LogP contribution in [-0.2, 0) is 6.42 Å². The van der Waals surface area contributed by atoms with Crippen LogP contribution in [0.15, 0.2) is 84.9 Å². The number of ether oxygens (including phenoxy) is 1. The summed E-state index contributed by atoms with van der Waals surface area (Å²) < 4.78 is 6.13. The Morgan fingerprint density at radius 2 is 1.66 bits per heavy atom. The second kappa shape index (κ2) is 8.23. The van der Waals surface area contributed by atoms with E-state index in [9.17, 15) is 9.90 Å². The molecule has 0 saturated heterocycles. The lowest BCUT2D eigenvalue weighted by Crippen LogP contribution is -2.02. The summed E-state index contributed by atoms with van der Waals surface area (Å²) in [7, 11) is 0. The molecule has 0 unspecified atom stereocenters. The molecule has 4 aromatic carbocycles. The van der Waals surface area contributed by atoms with E-state index in [1.807, 2.05) is 36.4 Å². The van der Waals surface area contributed by atoms with E-state index in [-0.39, 0.29) is 5.69 Å². The monoisotopic (exact) mass is 421 g/mol. The number of carbonyl (C=O) groups is 1. The summed E-state index contributed by atoms with van der Waals surface area (Å²) in [5.74, 6) is -0.106. The average molecular weight is 421 g/mol. The van der Waals surface area contributed by atoms with Crippen LogP contribution in [0, 0.1) is 6.92 Å². The van der Waals surface area contributed by atoms with Gasteiger partial charge in [0.25, 0.3) is 0 Å². The highest BCUT2D eigenvalue weighted by Gasteiger charge is 2.15. The highest BCUT2D eigenvalue weighted by molar-refractivity contribution is 6.02. The molecule has 0 radical (unpaired) electrons. The Labute approximate surface area is 186 Å². The van der Waals surface area contributed by atoms with E-state index in [0.717, 1.165) is 49.7 Å². The second-order valence-electron chi connectivity index (χ2n) is 7.94. The van der Waals surface area contributed by atoms with E-state index < -0.39 is 5.97 Å². The first-order valence-electron chi connectivity index (χ1n) is 10.7. The van der Waals surface area contributed by atoms with Crippen LogP contribution in [-0.4, -0.2) is 22.7 Å². The van der Waals surface area contributed by atoms with Crippen molar-refractivity contribution in [1.29, 1.82) is 0 Å². The number of fused-ring (bicyclic) bond motifs is 2. The molecule has 0 fully saturated rings. The fourth-order valence-electron chi connectivity index (χ4n) is 4.30. The molecule has 0 amide bonds. The Morgan fingerprint density at radius 3 is 2.50 bits per heavy atom. The third-order valence-electron chi connectivity index (χ3n) is 5.93. The molecule has 5 aromatic rings. The van der Waals surface area contributed by atoms with Crippen LogP contribution in [0.2, 0.25) is 0 Å². The average Bonchev–Trinajstić information content (AvgIpc) is 3.26. The maximum atomic E-state index is 11.7. The van der Waals surface area contributed by atoms with Crippen LogP contribution in [0.3, 0.4) is 0 Å². The number of aryl methyl sites for hydroxylation is 1. The van der Waals surface area contributed by atoms with Gasteiger partial charge in [0.2, 0.25) is 0 Å². The molecule has 0 bridgehead atoms. The summed E-state index contributed by atoms with van der Waals surface area (Å²) in [5.41, 5.74) is 5.34. The van der Waals surface area contributed by atoms with Crippen molar-refractivity contribution in [2.45, 2.75) is 13.3 Å². The summed E-state index contributed by atoms with van der Waals surface area (Å²) in [6.07, 6.45) is 0.671. The maximum Gasteiger partial charge on any atom is 0.352 e. The predicted octanol–water partition coefficient (Wildman–Crippen LogP) is 6.62. The van der Waals surface area contributed by atoms with Crippen LogP contribution in [0.5, 0.6) is 5.75 Å². The molecule has 5 rings (SSSR count). The first-order chi connectivity index (χ1) is 15.6. The first kappa shape index (κ1) is 19.9. The van der Waals surface area contributed by atoms with Gasteiger partial charge in [-0.15, -0.1) is 0 Å². The SMILES string of the molecule is Cc1ccccc1-c1ccc(CCOc2cccc3ccccc23)c2cc(C(=O)O)[nH]c12. The number of nitrogens with one attached hydrogen (secondary N) is 1. The van der Waals surface area contributed by atoms with Crippen molar-refractivity contribution in [2.24, 2.45) is 0 Å². The van der Waals surface area contributed by atoms with E-state index in [2.05, 4.69) is 54.4 Å². The fourth-order valence-corrected chi connectivity index (χ4v) is 4.30. The van der Waals surface area contributed by atoms with Gasteiger partial charge in [0, 0.05) is 22.8 Å². The first-order valence-corrected chi connectivity index (χ1v) is 10.7. The zero-order valence-electron chi connectivity index (χ0n) is 17.8. The molecule has 2 N–H and O–H groups in total. The Kier molecular flexibility index (Phi) is 5.12. The summed E-state index contributed by atoms with van der Waals surface area (Å²) >= 11 is 0. The molecular weight excluding hydrogens is 398 g/mol. The Balaban J connectivity index is 1.48. The number of aromatic amines is 1. The van der Waals surface area contributed by atoms with Crippen molar-refractivity contribution in [1.82, 2.24) is 4.98 Å². The van der Waals surface area contributed by atoms with Gasteiger partial charge in [0.1, 0.15) is 11.4 Å². The number of benzene rings is 4. The Morgan fingerprint density at radius 1 is 0.875 bits per heavy atom. The summed E-state index contributed by atoms with van der Waals surface area (Å²) in [6.45, 7) is 2.56. The molecule has 1 heterocycles. The Hall–Kier alpha value is -4.05. The maximum absolute atomic E-state index is 11.7. The largest absolute Gasteiger partial charge is 0.493 e. The van der Waals surface area contributed by atoms with Crippen molar-refractivity contribution in [3.8, 4) is 16.9 Å².